The van der Waals surface area contributed by atoms with Gasteiger partial charge < -0.3 is 19.0 Å². The highest BCUT2D eigenvalue weighted by atomic mass is 32.2. The second kappa shape index (κ2) is 13.0. The summed E-state index contributed by atoms with van der Waals surface area (Å²) in [5, 5.41) is 0. The smallest absolute Gasteiger partial charge is 0.297 e. The zero-order valence-electron chi connectivity index (χ0n) is 27.6. The van der Waals surface area contributed by atoms with Gasteiger partial charge in [0.2, 0.25) is 11.8 Å². The van der Waals surface area contributed by atoms with Crippen molar-refractivity contribution in [3.05, 3.63) is 77.2 Å². The second-order valence-electron chi connectivity index (χ2n) is 13.6. The highest BCUT2D eigenvalue weighted by Gasteiger charge is 2.32. The lowest BCUT2D eigenvalue weighted by Crippen LogP contribution is -2.45. The Balaban J connectivity index is 1.45. The molecule has 2 aliphatic rings. The molecule has 0 radical (unpaired) electrons. The summed E-state index contributed by atoms with van der Waals surface area (Å²) in [7, 11) is -4.16. The van der Waals surface area contributed by atoms with E-state index in [0.717, 1.165) is 42.6 Å². The number of anilines is 2. The van der Waals surface area contributed by atoms with Crippen molar-refractivity contribution in [1.29, 1.82) is 0 Å². The van der Waals surface area contributed by atoms with Crippen LogP contribution >= 0.6 is 0 Å². The van der Waals surface area contributed by atoms with Crippen LogP contribution in [0.5, 0.6) is 5.88 Å². The molecule has 1 saturated heterocycles. The number of aryl methyl sites for hydroxylation is 2. The minimum absolute atomic E-state index is 0.0782. The maximum Gasteiger partial charge on any atom is 0.297 e. The van der Waals surface area contributed by atoms with E-state index in [2.05, 4.69) is 45.3 Å². The Morgan fingerprint density at radius 1 is 0.979 bits per heavy atom. The molecule has 4 heterocycles. The molecule has 2 aromatic carbocycles. The van der Waals surface area contributed by atoms with Crippen molar-refractivity contribution in [2.24, 2.45) is 5.41 Å². The normalized spacial score (nSPS) is 18.4. The van der Waals surface area contributed by atoms with Gasteiger partial charge in [-0.2, -0.15) is 4.98 Å². The summed E-state index contributed by atoms with van der Waals surface area (Å²) in [6, 6.07) is 13.8. The molecule has 4 bridgehead atoms. The number of carbonyl (C=O) groups excluding carboxylic acids is 1. The molecule has 1 atom stereocenters. The summed E-state index contributed by atoms with van der Waals surface area (Å²) >= 11 is 0. The van der Waals surface area contributed by atoms with Gasteiger partial charge in [0.25, 0.3) is 21.9 Å². The molecule has 2 aromatic heterocycles. The molecule has 1 fully saturated rings. The first-order chi connectivity index (χ1) is 22.4. The molecule has 0 saturated carbocycles. The summed E-state index contributed by atoms with van der Waals surface area (Å²) in [6.07, 6.45) is 5.61. The molecule has 1 amide bonds. The molecule has 4 aromatic rings. The van der Waals surface area contributed by atoms with E-state index in [1.54, 1.807) is 29.3 Å². The first-order valence-corrected chi connectivity index (χ1v) is 17.6. The van der Waals surface area contributed by atoms with E-state index in [9.17, 15) is 13.2 Å². The van der Waals surface area contributed by atoms with Crippen LogP contribution in [0.2, 0.25) is 0 Å². The Kier molecular flexibility index (Phi) is 8.97. The van der Waals surface area contributed by atoms with Crippen molar-refractivity contribution >= 4 is 27.9 Å². The summed E-state index contributed by atoms with van der Waals surface area (Å²) in [5.41, 5.74) is 3.39. The fraction of sp³-hybridized carbons (Fsp3) is 0.429. The molecule has 1 N–H and O–H groups in total. The van der Waals surface area contributed by atoms with Crippen molar-refractivity contribution in [2.75, 3.05) is 29.3 Å². The number of oxazole rings is 1. The quantitative estimate of drug-likeness (QED) is 0.260. The highest BCUT2D eigenvalue weighted by Crippen LogP contribution is 2.32. The lowest BCUT2D eigenvalue weighted by atomic mass is 9.87. The van der Waals surface area contributed by atoms with Gasteiger partial charge in [-0.25, -0.2) is 23.1 Å². The lowest BCUT2D eigenvalue weighted by Gasteiger charge is -2.35. The van der Waals surface area contributed by atoms with E-state index < -0.39 is 16.1 Å². The molecule has 0 aliphatic carbocycles. The number of hydrogen-bond acceptors (Lipinski definition) is 9. The van der Waals surface area contributed by atoms with E-state index >= 15 is 0 Å². The molecule has 248 valence electrons. The van der Waals surface area contributed by atoms with Gasteiger partial charge in [-0.3, -0.25) is 4.79 Å². The Morgan fingerprint density at radius 2 is 1.70 bits per heavy atom. The van der Waals surface area contributed by atoms with E-state index in [1.807, 2.05) is 32.0 Å². The van der Waals surface area contributed by atoms with Crippen LogP contribution in [-0.4, -0.2) is 59.9 Å². The van der Waals surface area contributed by atoms with Crippen LogP contribution in [0, 0.1) is 19.3 Å². The first kappa shape index (κ1) is 32.5. The number of nitrogens with zero attached hydrogens (tertiary/aromatic N) is 5. The van der Waals surface area contributed by atoms with Crippen LogP contribution < -0.4 is 14.4 Å². The highest BCUT2D eigenvalue weighted by molar-refractivity contribution is 7.92. The first-order valence-electron chi connectivity index (χ1n) is 16.1. The minimum atomic E-state index is -4.16. The Morgan fingerprint density at radius 3 is 2.43 bits per heavy atom. The number of fused-ring (bicyclic) bond motifs is 4. The number of rotatable bonds is 5. The Labute approximate surface area is 276 Å². The standard InChI is InChI=1S/C35H42N6O5S/c1-23-11-9-12-24(2)31(23)29-18-30-38-33(37-29)39-47(43,44)28-14-10-13-25(17-28)32(42)41(26(22-45-30)19-35(3,4)5)21-27-20-36-34(46-27)40-15-7-6-8-16-40/h9-14,17-18,20,26H,6-8,15-16,19,21-22H2,1-5H3,(H,37,38,39)/t26-/m1/s1. The molecular formula is C35H42N6O5S. The number of benzene rings is 2. The van der Waals surface area contributed by atoms with Gasteiger partial charge in [0.05, 0.1) is 29.4 Å². The van der Waals surface area contributed by atoms with Gasteiger partial charge in [-0.1, -0.05) is 45.0 Å². The summed E-state index contributed by atoms with van der Waals surface area (Å²) in [5.74, 6) is 0.269. The van der Waals surface area contributed by atoms with E-state index in [0.29, 0.717) is 23.9 Å². The molecule has 12 heteroatoms. The molecule has 2 aliphatic heterocycles. The molecule has 0 unspecified atom stereocenters. The van der Waals surface area contributed by atoms with Crippen molar-refractivity contribution < 1.29 is 22.4 Å². The number of aromatic nitrogens is 3. The van der Waals surface area contributed by atoms with Gasteiger partial charge in [0.1, 0.15) is 12.4 Å². The van der Waals surface area contributed by atoms with Crippen LogP contribution in [0.4, 0.5) is 12.0 Å². The fourth-order valence-electron chi connectivity index (χ4n) is 6.32. The van der Waals surface area contributed by atoms with E-state index in [4.69, 9.17) is 9.15 Å². The summed E-state index contributed by atoms with van der Waals surface area (Å²) < 4.78 is 42.4. The zero-order valence-corrected chi connectivity index (χ0v) is 28.4. The zero-order chi connectivity index (χ0) is 33.3. The number of sulfonamides is 1. The van der Waals surface area contributed by atoms with Crippen LogP contribution in [0.3, 0.4) is 0 Å². The van der Waals surface area contributed by atoms with Gasteiger partial charge in [0.15, 0.2) is 0 Å². The SMILES string of the molecule is Cc1cccc(C)c1-c1cc2nc(n1)NS(=O)(=O)c1cccc(c1)C(=O)N(Cc1cnc(N3CCCCC3)o1)[C@H](CC(C)(C)C)CO2. The van der Waals surface area contributed by atoms with E-state index in [1.165, 1.54) is 18.6 Å². The maximum atomic E-state index is 14.4. The third-order valence-corrected chi connectivity index (χ3v) is 9.85. The number of carbonyl (C=O) groups is 1. The number of amides is 1. The molecule has 11 nitrogen and oxygen atoms in total. The average Bonchev–Trinajstić information content (AvgIpc) is 3.50. The predicted molar refractivity (Wildman–Crippen MR) is 180 cm³/mol. The van der Waals surface area contributed by atoms with Crippen molar-refractivity contribution in [2.45, 2.75) is 77.8 Å². The fourth-order valence-corrected chi connectivity index (χ4v) is 7.31. The van der Waals surface area contributed by atoms with Gasteiger partial charge >= 0.3 is 0 Å². The molecule has 0 spiro atoms. The van der Waals surface area contributed by atoms with Gasteiger partial charge in [-0.05, 0) is 74.3 Å². The number of hydrogen-bond donors (Lipinski definition) is 1. The number of piperidine rings is 1. The van der Waals surface area contributed by atoms with Gasteiger partial charge in [0, 0.05) is 30.3 Å². The third kappa shape index (κ3) is 7.43. The van der Waals surface area contributed by atoms with Crippen molar-refractivity contribution in [3.8, 4) is 17.1 Å². The van der Waals surface area contributed by atoms with Crippen molar-refractivity contribution in [3.63, 3.8) is 0 Å². The largest absolute Gasteiger partial charge is 0.475 e. The van der Waals surface area contributed by atoms with Crippen LogP contribution in [0.25, 0.3) is 11.3 Å². The Hall–Kier alpha value is -4.45. The molecule has 6 rings (SSSR count). The van der Waals surface area contributed by atoms with Crippen LogP contribution in [0.1, 0.15) is 73.7 Å². The van der Waals surface area contributed by atoms with Gasteiger partial charge in [-0.15, -0.1) is 0 Å². The summed E-state index contributed by atoms with van der Waals surface area (Å²) in [4.78, 5) is 31.8. The topological polar surface area (TPSA) is 131 Å². The lowest BCUT2D eigenvalue weighted by molar-refractivity contribution is 0.0493. The molecular weight excluding hydrogens is 616 g/mol. The van der Waals surface area contributed by atoms with Crippen LogP contribution in [0.15, 0.2) is 64.0 Å². The number of ether oxygens (including phenoxy) is 1. The maximum absolute atomic E-state index is 14.4. The second-order valence-corrected chi connectivity index (χ2v) is 15.3. The van der Waals surface area contributed by atoms with Crippen molar-refractivity contribution in [1.82, 2.24) is 19.9 Å². The summed E-state index contributed by atoms with van der Waals surface area (Å²) in [6.45, 7) is 12.3. The van der Waals surface area contributed by atoms with Crippen LogP contribution in [-0.2, 0) is 16.6 Å². The minimum Gasteiger partial charge on any atom is -0.475 e. The molecule has 47 heavy (non-hydrogen) atoms. The number of nitrogens with one attached hydrogen (secondary N) is 1. The predicted octanol–water partition coefficient (Wildman–Crippen LogP) is 6.38. The Bertz CT molecular complexity index is 1860. The third-order valence-electron chi connectivity index (χ3n) is 8.52. The monoisotopic (exact) mass is 658 g/mol. The van der Waals surface area contributed by atoms with E-state index in [-0.39, 0.29) is 46.8 Å². The average molecular weight is 659 g/mol.